The third kappa shape index (κ3) is 2.99. The number of hydrogen-bond donors (Lipinski definition) is 1. The molecule has 1 aliphatic heterocycles. The van der Waals surface area contributed by atoms with Gasteiger partial charge in [0.05, 0.1) is 0 Å². The van der Waals surface area contributed by atoms with Gasteiger partial charge in [0.2, 0.25) is 5.95 Å². The molecule has 3 rings (SSSR count). The second kappa shape index (κ2) is 5.22. The Morgan fingerprint density at radius 1 is 1.28 bits per heavy atom. The quantitative estimate of drug-likeness (QED) is 0.882. The summed E-state index contributed by atoms with van der Waals surface area (Å²) in [6.07, 6.45) is 9.18. The molecule has 18 heavy (non-hydrogen) atoms. The minimum absolute atomic E-state index is 0.743. The van der Waals surface area contributed by atoms with Gasteiger partial charge in [0.1, 0.15) is 0 Å². The summed E-state index contributed by atoms with van der Waals surface area (Å²) < 4.78 is 0. The van der Waals surface area contributed by atoms with Crippen molar-refractivity contribution in [1.29, 1.82) is 0 Å². The van der Waals surface area contributed by atoms with E-state index in [1.54, 1.807) is 0 Å². The highest BCUT2D eigenvalue weighted by atomic mass is 15.2. The Morgan fingerprint density at radius 2 is 2.06 bits per heavy atom. The number of nitrogens with zero attached hydrogens (tertiary/aromatic N) is 3. The SMILES string of the molecule is CC1CCCN(c2ncc(CNC3CC3)cn2)C1. The predicted molar refractivity (Wildman–Crippen MR) is 72.5 cm³/mol. The molecule has 2 heterocycles. The van der Waals surface area contributed by atoms with Gasteiger partial charge in [-0.1, -0.05) is 6.92 Å². The molecule has 1 atom stereocenters. The summed E-state index contributed by atoms with van der Waals surface area (Å²) >= 11 is 0. The van der Waals surface area contributed by atoms with Crippen molar-refractivity contribution >= 4 is 5.95 Å². The Hall–Kier alpha value is -1.16. The van der Waals surface area contributed by atoms with Crippen molar-refractivity contribution in [2.24, 2.45) is 5.92 Å². The molecular formula is C14H22N4. The summed E-state index contributed by atoms with van der Waals surface area (Å²) in [4.78, 5) is 11.3. The van der Waals surface area contributed by atoms with Crippen LogP contribution >= 0.6 is 0 Å². The van der Waals surface area contributed by atoms with Gasteiger partial charge in [0.15, 0.2) is 0 Å². The van der Waals surface area contributed by atoms with Crippen LogP contribution in [0.5, 0.6) is 0 Å². The molecule has 2 fully saturated rings. The summed E-state index contributed by atoms with van der Waals surface area (Å²) in [7, 11) is 0. The average molecular weight is 246 g/mol. The van der Waals surface area contributed by atoms with Crippen LogP contribution in [0.1, 0.15) is 38.2 Å². The van der Waals surface area contributed by atoms with Crippen LogP contribution in [0.3, 0.4) is 0 Å². The van der Waals surface area contributed by atoms with Crippen LogP contribution in [0.2, 0.25) is 0 Å². The predicted octanol–water partition coefficient (Wildman–Crippen LogP) is 1.96. The van der Waals surface area contributed by atoms with E-state index in [9.17, 15) is 0 Å². The Bertz CT molecular complexity index is 385. The third-order valence-electron chi connectivity index (χ3n) is 3.80. The van der Waals surface area contributed by atoms with Crippen LogP contribution in [0.4, 0.5) is 5.95 Å². The number of hydrogen-bond acceptors (Lipinski definition) is 4. The Kier molecular flexibility index (Phi) is 3.46. The molecule has 2 aliphatic rings. The summed E-state index contributed by atoms with van der Waals surface area (Å²) in [5.41, 5.74) is 1.19. The molecule has 1 unspecified atom stereocenters. The zero-order valence-corrected chi connectivity index (χ0v) is 11.1. The van der Waals surface area contributed by atoms with Gasteiger partial charge < -0.3 is 10.2 Å². The van der Waals surface area contributed by atoms with E-state index in [-0.39, 0.29) is 0 Å². The van der Waals surface area contributed by atoms with Gasteiger partial charge in [0, 0.05) is 43.6 Å². The van der Waals surface area contributed by atoms with Crippen LogP contribution in [-0.2, 0) is 6.54 Å². The van der Waals surface area contributed by atoms with Crippen LogP contribution in [0, 0.1) is 5.92 Å². The zero-order chi connectivity index (χ0) is 12.4. The van der Waals surface area contributed by atoms with Gasteiger partial charge in [-0.25, -0.2) is 9.97 Å². The minimum Gasteiger partial charge on any atom is -0.341 e. The molecule has 0 amide bonds. The normalized spacial score (nSPS) is 24.3. The van der Waals surface area contributed by atoms with E-state index < -0.39 is 0 Å². The van der Waals surface area contributed by atoms with Gasteiger partial charge in [0.25, 0.3) is 0 Å². The maximum Gasteiger partial charge on any atom is 0.225 e. The van der Waals surface area contributed by atoms with Gasteiger partial charge in [-0.15, -0.1) is 0 Å². The zero-order valence-electron chi connectivity index (χ0n) is 11.1. The Labute approximate surface area is 109 Å². The Morgan fingerprint density at radius 3 is 2.72 bits per heavy atom. The molecule has 0 radical (unpaired) electrons. The lowest BCUT2D eigenvalue weighted by atomic mass is 10.0. The molecule has 1 aromatic rings. The molecule has 98 valence electrons. The first-order valence-corrected chi connectivity index (χ1v) is 7.10. The number of piperidine rings is 1. The highest BCUT2D eigenvalue weighted by molar-refractivity contribution is 5.30. The van der Waals surface area contributed by atoms with E-state index in [1.807, 2.05) is 12.4 Å². The summed E-state index contributed by atoms with van der Waals surface area (Å²) in [6, 6.07) is 0.743. The van der Waals surface area contributed by atoms with Crippen molar-refractivity contribution in [3.63, 3.8) is 0 Å². The minimum atomic E-state index is 0.743. The highest BCUT2D eigenvalue weighted by Crippen LogP contribution is 2.20. The van der Waals surface area contributed by atoms with E-state index in [4.69, 9.17) is 0 Å². The van der Waals surface area contributed by atoms with Crippen molar-refractivity contribution in [2.75, 3.05) is 18.0 Å². The molecule has 1 aliphatic carbocycles. The number of anilines is 1. The lowest BCUT2D eigenvalue weighted by Crippen LogP contribution is -2.35. The van der Waals surface area contributed by atoms with E-state index >= 15 is 0 Å². The molecule has 1 saturated carbocycles. The van der Waals surface area contributed by atoms with Crippen molar-refractivity contribution in [3.8, 4) is 0 Å². The molecular weight excluding hydrogens is 224 g/mol. The number of aromatic nitrogens is 2. The standard InChI is InChI=1S/C14H22N4/c1-11-3-2-6-18(10-11)14-16-8-12(9-17-14)7-15-13-4-5-13/h8-9,11,13,15H,2-7,10H2,1H3. The monoisotopic (exact) mass is 246 g/mol. The fourth-order valence-electron chi connectivity index (χ4n) is 2.52. The van der Waals surface area contributed by atoms with E-state index in [0.29, 0.717) is 0 Å². The van der Waals surface area contributed by atoms with Gasteiger partial charge in [-0.05, 0) is 31.6 Å². The molecule has 4 nitrogen and oxygen atoms in total. The summed E-state index contributed by atoms with van der Waals surface area (Å²) in [5, 5.41) is 3.49. The van der Waals surface area contributed by atoms with Crippen LogP contribution < -0.4 is 10.2 Å². The lowest BCUT2D eigenvalue weighted by molar-refractivity contribution is 0.442. The molecule has 0 spiro atoms. The number of nitrogens with one attached hydrogen (secondary N) is 1. The molecule has 0 aromatic carbocycles. The van der Waals surface area contributed by atoms with E-state index in [1.165, 1.54) is 31.2 Å². The van der Waals surface area contributed by atoms with Gasteiger partial charge in [-0.2, -0.15) is 0 Å². The first-order valence-electron chi connectivity index (χ1n) is 7.10. The Balaban J connectivity index is 1.58. The second-order valence-electron chi connectivity index (χ2n) is 5.74. The van der Waals surface area contributed by atoms with Gasteiger partial charge in [-0.3, -0.25) is 0 Å². The van der Waals surface area contributed by atoms with Crippen molar-refractivity contribution in [3.05, 3.63) is 18.0 Å². The largest absolute Gasteiger partial charge is 0.341 e. The first-order chi connectivity index (χ1) is 8.81. The average Bonchev–Trinajstić information content (AvgIpc) is 3.21. The molecule has 1 saturated heterocycles. The van der Waals surface area contributed by atoms with Crippen molar-refractivity contribution < 1.29 is 0 Å². The first kappa shape index (κ1) is 11.9. The van der Waals surface area contributed by atoms with Crippen LogP contribution in [0.25, 0.3) is 0 Å². The lowest BCUT2D eigenvalue weighted by Gasteiger charge is -2.30. The third-order valence-corrected chi connectivity index (χ3v) is 3.80. The molecule has 0 bridgehead atoms. The summed E-state index contributed by atoms with van der Waals surface area (Å²) in [6.45, 7) is 5.41. The summed E-state index contributed by atoms with van der Waals surface area (Å²) in [5.74, 6) is 1.66. The van der Waals surface area contributed by atoms with Crippen molar-refractivity contribution in [1.82, 2.24) is 15.3 Å². The fraction of sp³-hybridized carbons (Fsp3) is 0.714. The maximum absolute atomic E-state index is 4.51. The van der Waals surface area contributed by atoms with E-state index in [0.717, 1.165) is 37.5 Å². The molecule has 4 heteroatoms. The maximum atomic E-state index is 4.51. The molecule has 1 N–H and O–H groups in total. The number of rotatable bonds is 4. The highest BCUT2D eigenvalue weighted by Gasteiger charge is 2.20. The smallest absolute Gasteiger partial charge is 0.225 e. The van der Waals surface area contributed by atoms with Gasteiger partial charge >= 0.3 is 0 Å². The van der Waals surface area contributed by atoms with Crippen LogP contribution in [-0.4, -0.2) is 29.1 Å². The topological polar surface area (TPSA) is 41.1 Å². The fourth-order valence-corrected chi connectivity index (χ4v) is 2.52. The van der Waals surface area contributed by atoms with E-state index in [2.05, 4.69) is 27.1 Å². The second-order valence-corrected chi connectivity index (χ2v) is 5.74. The van der Waals surface area contributed by atoms with Crippen molar-refractivity contribution in [2.45, 2.75) is 45.2 Å². The van der Waals surface area contributed by atoms with Crippen LogP contribution in [0.15, 0.2) is 12.4 Å². The molecule has 1 aromatic heterocycles.